The highest BCUT2D eigenvalue weighted by Crippen LogP contribution is 2.17. The number of benzene rings is 1. The van der Waals surface area contributed by atoms with Crippen molar-refractivity contribution in [2.24, 2.45) is 5.73 Å². The summed E-state index contributed by atoms with van der Waals surface area (Å²) < 4.78 is 6.45. The van der Waals surface area contributed by atoms with Crippen molar-refractivity contribution in [1.82, 2.24) is 4.57 Å². The van der Waals surface area contributed by atoms with Crippen LogP contribution >= 0.6 is 12.2 Å². The van der Waals surface area contributed by atoms with Gasteiger partial charge in [-0.1, -0.05) is 24.4 Å². The third-order valence-electron chi connectivity index (χ3n) is 2.59. The molecule has 1 aromatic carbocycles. The molecule has 0 bridgehead atoms. The Morgan fingerprint density at radius 3 is 2.88 bits per heavy atom. The molecule has 0 radical (unpaired) electrons. The van der Waals surface area contributed by atoms with Gasteiger partial charge in [-0.25, -0.2) is 0 Å². The second-order valence-corrected chi connectivity index (χ2v) is 4.10. The molecule has 0 saturated heterocycles. The molecule has 2 aromatic rings. The van der Waals surface area contributed by atoms with E-state index in [2.05, 4.69) is 4.74 Å². The molecule has 0 amide bonds. The average Bonchev–Trinajstić information content (AvgIpc) is 2.71. The minimum atomic E-state index is -0.289. The molecule has 0 aliphatic heterocycles. The van der Waals surface area contributed by atoms with Crippen LogP contribution in [0.25, 0.3) is 10.9 Å². The van der Waals surface area contributed by atoms with Crippen molar-refractivity contribution in [2.45, 2.75) is 6.54 Å². The zero-order chi connectivity index (χ0) is 12.4. The van der Waals surface area contributed by atoms with Crippen molar-refractivity contribution >= 4 is 34.1 Å². The molecule has 0 unspecified atom stereocenters. The summed E-state index contributed by atoms with van der Waals surface area (Å²) in [7, 11) is 1.37. The topological polar surface area (TPSA) is 57.2 Å². The molecule has 1 heterocycles. The number of fused-ring (bicyclic) bond motifs is 1. The summed E-state index contributed by atoms with van der Waals surface area (Å²) >= 11 is 4.93. The van der Waals surface area contributed by atoms with Gasteiger partial charge in [-0.15, -0.1) is 0 Å². The average molecular weight is 248 g/mol. The van der Waals surface area contributed by atoms with Gasteiger partial charge in [-0.05, 0) is 17.5 Å². The summed E-state index contributed by atoms with van der Waals surface area (Å²) in [5.74, 6) is -0.289. The van der Waals surface area contributed by atoms with Crippen LogP contribution in [0.3, 0.4) is 0 Å². The Bertz CT molecular complexity index is 589. The molecule has 5 heteroatoms. The Morgan fingerprint density at radius 2 is 2.24 bits per heavy atom. The maximum Gasteiger partial charge on any atom is 0.325 e. The Hall–Kier alpha value is -1.88. The molecule has 2 N–H and O–H groups in total. The molecule has 0 fully saturated rings. The van der Waals surface area contributed by atoms with E-state index in [9.17, 15) is 4.79 Å². The number of methoxy groups -OCH3 is 1. The summed E-state index contributed by atoms with van der Waals surface area (Å²) in [5, 5.41) is 1.04. The van der Waals surface area contributed by atoms with E-state index < -0.39 is 0 Å². The lowest BCUT2D eigenvalue weighted by molar-refractivity contribution is -0.141. The van der Waals surface area contributed by atoms with Crippen LogP contribution in [0.2, 0.25) is 0 Å². The van der Waals surface area contributed by atoms with Crippen LogP contribution in [-0.4, -0.2) is 22.6 Å². The number of hydrogen-bond donors (Lipinski definition) is 1. The number of carbonyl (C=O) groups is 1. The van der Waals surface area contributed by atoms with E-state index in [1.807, 2.05) is 35.0 Å². The first-order valence-electron chi connectivity index (χ1n) is 5.07. The summed E-state index contributed by atoms with van der Waals surface area (Å²) in [6.45, 7) is 0.181. The van der Waals surface area contributed by atoms with E-state index in [0.29, 0.717) is 4.99 Å². The normalized spacial score (nSPS) is 10.4. The maximum atomic E-state index is 11.2. The quantitative estimate of drug-likeness (QED) is 0.660. The van der Waals surface area contributed by atoms with Crippen molar-refractivity contribution in [1.29, 1.82) is 0 Å². The zero-order valence-electron chi connectivity index (χ0n) is 9.34. The number of carbonyl (C=O) groups excluding carboxylic acids is 1. The minimum Gasteiger partial charge on any atom is -0.468 e. The largest absolute Gasteiger partial charge is 0.468 e. The minimum absolute atomic E-state index is 0.181. The van der Waals surface area contributed by atoms with Crippen molar-refractivity contribution < 1.29 is 9.53 Å². The molecule has 17 heavy (non-hydrogen) atoms. The van der Waals surface area contributed by atoms with Crippen LogP contribution in [-0.2, 0) is 16.1 Å². The molecule has 0 saturated carbocycles. The molecule has 0 atom stereocenters. The van der Waals surface area contributed by atoms with Gasteiger partial charge in [0, 0.05) is 17.3 Å². The van der Waals surface area contributed by atoms with Crippen molar-refractivity contribution in [3.8, 4) is 0 Å². The number of rotatable bonds is 3. The number of nitrogens with zero attached hydrogens (tertiary/aromatic N) is 1. The van der Waals surface area contributed by atoms with Crippen LogP contribution < -0.4 is 5.73 Å². The van der Waals surface area contributed by atoms with E-state index >= 15 is 0 Å². The van der Waals surface area contributed by atoms with Crippen LogP contribution in [0.4, 0.5) is 0 Å². The molecule has 0 spiro atoms. The zero-order valence-corrected chi connectivity index (χ0v) is 10.2. The van der Waals surface area contributed by atoms with E-state index in [0.717, 1.165) is 16.5 Å². The van der Waals surface area contributed by atoms with Gasteiger partial charge in [0.25, 0.3) is 0 Å². The predicted octanol–water partition coefficient (Wildman–Crippen LogP) is 1.45. The Labute approximate surface area is 104 Å². The summed E-state index contributed by atoms with van der Waals surface area (Å²) in [4.78, 5) is 11.6. The standard InChI is InChI=1S/C12H12N2O2S/c1-16-11(15)7-14-5-4-8-2-3-9(12(13)17)6-10(8)14/h2-6H,7H2,1H3,(H2,13,17). The Morgan fingerprint density at radius 1 is 1.47 bits per heavy atom. The molecule has 1 aromatic heterocycles. The third-order valence-corrected chi connectivity index (χ3v) is 2.82. The fraction of sp³-hybridized carbons (Fsp3) is 0.167. The predicted molar refractivity (Wildman–Crippen MR) is 69.8 cm³/mol. The van der Waals surface area contributed by atoms with Crippen LogP contribution in [0.5, 0.6) is 0 Å². The number of hydrogen-bond acceptors (Lipinski definition) is 3. The lowest BCUT2D eigenvalue weighted by Gasteiger charge is -2.05. The number of thiocarbonyl (C=S) groups is 1. The van der Waals surface area contributed by atoms with E-state index in [4.69, 9.17) is 18.0 Å². The van der Waals surface area contributed by atoms with Gasteiger partial charge in [0.15, 0.2) is 0 Å². The molecular formula is C12H12N2O2S. The lowest BCUT2D eigenvalue weighted by Crippen LogP contribution is -2.12. The lowest BCUT2D eigenvalue weighted by atomic mass is 10.1. The van der Waals surface area contributed by atoms with Gasteiger partial charge in [-0.3, -0.25) is 4.79 Å². The second-order valence-electron chi connectivity index (χ2n) is 3.66. The summed E-state index contributed by atoms with van der Waals surface area (Å²) in [5.41, 5.74) is 7.29. The first kappa shape index (κ1) is 11.6. The van der Waals surface area contributed by atoms with Crippen LogP contribution in [0, 0.1) is 0 Å². The number of aromatic nitrogens is 1. The third kappa shape index (κ3) is 2.29. The second kappa shape index (κ2) is 4.55. The molecule has 2 rings (SSSR count). The van der Waals surface area contributed by atoms with Gasteiger partial charge in [0.1, 0.15) is 11.5 Å². The van der Waals surface area contributed by atoms with E-state index in [1.54, 1.807) is 0 Å². The van der Waals surface area contributed by atoms with E-state index in [-0.39, 0.29) is 12.5 Å². The SMILES string of the molecule is COC(=O)Cn1ccc2ccc(C(N)=S)cc21. The van der Waals surface area contributed by atoms with Crippen molar-refractivity contribution in [3.63, 3.8) is 0 Å². The van der Waals surface area contributed by atoms with Crippen molar-refractivity contribution in [2.75, 3.05) is 7.11 Å². The molecule has 4 nitrogen and oxygen atoms in total. The monoisotopic (exact) mass is 248 g/mol. The fourth-order valence-corrected chi connectivity index (χ4v) is 1.81. The maximum absolute atomic E-state index is 11.2. The summed E-state index contributed by atoms with van der Waals surface area (Å²) in [6, 6.07) is 7.60. The Balaban J connectivity index is 2.46. The highest BCUT2D eigenvalue weighted by Gasteiger charge is 2.07. The highest BCUT2D eigenvalue weighted by atomic mass is 32.1. The van der Waals surface area contributed by atoms with Gasteiger partial charge in [0.2, 0.25) is 0 Å². The Kier molecular flexibility index (Phi) is 3.10. The molecule has 0 aliphatic rings. The van der Waals surface area contributed by atoms with E-state index in [1.165, 1.54) is 7.11 Å². The van der Waals surface area contributed by atoms with Crippen LogP contribution in [0.15, 0.2) is 30.5 Å². The number of esters is 1. The smallest absolute Gasteiger partial charge is 0.325 e. The highest BCUT2D eigenvalue weighted by molar-refractivity contribution is 7.80. The van der Waals surface area contributed by atoms with Crippen molar-refractivity contribution in [3.05, 3.63) is 36.0 Å². The number of ether oxygens (including phenoxy) is 1. The van der Waals surface area contributed by atoms with Gasteiger partial charge in [0.05, 0.1) is 7.11 Å². The van der Waals surface area contributed by atoms with Gasteiger partial charge in [-0.2, -0.15) is 0 Å². The summed E-state index contributed by atoms with van der Waals surface area (Å²) in [6.07, 6.45) is 1.84. The molecule has 0 aliphatic carbocycles. The molecule has 88 valence electrons. The fourth-order valence-electron chi connectivity index (χ4n) is 1.68. The van der Waals surface area contributed by atoms with Gasteiger partial charge < -0.3 is 15.0 Å². The molecular weight excluding hydrogens is 236 g/mol. The first-order chi connectivity index (χ1) is 8.11. The van der Waals surface area contributed by atoms with Gasteiger partial charge >= 0.3 is 5.97 Å². The van der Waals surface area contributed by atoms with Crippen LogP contribution in [0.1, 0.15) is 5.56 Å². The first-order valence-corrected chi connectivity index (χ1v) is 5.48. The number of nitrogens with two attached hydrogens (primary N) is 1.